The summed E-state index contributed by atoms with van der Waals surface area (Å²) < 4.78 is 23.5. The number of hydrogen-bond acceptors (Lipinski definition) is 4. The van der Waals surface area contributed by atoms with Crippen molar-refractivity contribution in [3.63, 3.8) is 0 Å². The molecule has 0 saturated carbocycles. The molecule has 0 aliphatic carbocycles. The van der Waals surface area contributed by atoms with Gasteiger partial charge in [0.1, 0.15) is 9.84 Å². The van der Waals surface area contributed by atoms with Crippen LogP contribution in [0.4, 0.5) is 11.4 Å². The smallest absolute Gasteiger partial charge is 0.224 e. The standard InChI is InChI=1S/C15H24N2O3S/c1-12(2)8-10-21(19,20)9-4-7-15(18)17-14-6-3-5-13(16)11-14/h3,5-6,11-12H,4,7-10,16H2,1-2H3,(H,17,18). The Morgan fingerprint density at radius 1 is 1.29 bits per heavy atom. The number of benzene rings is 1. The summed E-state index contributed by atoms with van der Waals surface area (Å²) >= 11 is 0. The van der Waals surface area contributed by atoms with Crippen LogP contribution in [0.5, 0.6) is 0 Å². The molecule has 3 N–H and O–H groups in total. The minimum absolute atomic E-state index is 0.0596. The average Bonchev–Trinajstić information content (AvgIpc) is 2.36. The summed E-state index contributed by atoms with van der Waals surface area (Å²) in [6.45, 7) is 3.99. The van der Waals surface area contributed by atoms with Gasteiger partial charge in [-0.25, -0.2) is 8.42 Å². The molecule has 0 spiro atoms. The Morgan fingerprint density at radius 3 is 2.62 bits per heavy atom. The first-order valence-corrected chi connectivity index (χ1v) is 8.96. The lowest BCUT2D eigenvalue weighted by atomic mass is 10.2. The highest BCUT2D eigenvalue weighted by atomic mass is 32.2. The number of amides is 1. The fourth-order valence-electron chi connectivity index (χ4n) is 1.81. The van der Waals surface area contributed by atoms with Crippen molar-refractivity contribution in [1.29, 1.82) is 0 Å². The van der Waals surface area contributed by atoms with Crippen LogP contribution in [0, 0.1) is 5.92 Å². The van der Waals surface area contributed by atoms with Crippen molar-refractivity contribution in [2.75, 3.05) is 22.6 Å². The van der Waals surface area contributed by atoms with Crippen molar-refractivity contribution in [3.8, 4) is 0 Å². The number of carbonyl (C=O) groups is 1. The van der Waals surface area contributed by atoms with Crippen LogP contribution in [-0.4, -0.2) is 25.8 Å². The molecule has 6 heteroatoms. The number of nitrogens with two attached hydrogens (primary N) is 1. The van der Waals surface area contributed by atoms with Gasteiger partial charge in [0.15, 0.2) is 0 Å². The average molecular weight is 312 g/mol. The predicted octanol–water partition coefficient (Wildman–Crippen LogP) is 2.45. The van der Waals surface area contributed by atoms with Crippen molar-refractivity contribution in [1.82, 2.24) is 0 Å². The molecule has 0 aromatic heterocycles. The molecule has 1 rings (SSSR count). The van der Waals surface area contributed by atoms with E-state index in [0.717, 1.165) is 0 Å². The Balaban J connectivity index is 2.33. The second-order valence-corrected chi connectivity index (χ2v) is 7.92. The Labute approximate surface area is 126 Å². The Bertz CT molecular complexity index is 568. The lowest BCUT2D eigenvalue weighted by Gasteiger charge is -2.07. The van der Waals surface area contributed by atoms with Crippen LogP contribution in [0.1, 0.15) is 33.1 Å². The van der Waals surface area contributed by atoms with Gasteiger partial charge in [0.25, 0.3) is 0 Å². The molecule has 0 fully saturated rings. The van der Waals surface area contributed by atoms with Gasteiger partial charge in [0, 0.05) is 17.8 Å². The Hall–Kier alpha value is -1.56. The van der Waals surface area contributed by atoms with Crippen molar-refractivity contribution in [2.24, 2.45) is 5.92 Å². The third-order valence-electron chi connectivity index (χ3n) is 3.04. The minimum atomic E-state index is -3.05. The maximum absolute atomic E-state index is 11.8. The summed E-state index contributed by atoms with van der Waals surface area (Å²) in [4.78, 5) is 11.7. The van der Waals surface area contributed by atoms with Crippen LogP contribution in [0.25, 0.3) is 0 Å². The molecule has 1 aromatic carbocycles. The van der Waals surface area contributed by atoms with E-state index >= 15 is 0 Å². The lowest BCUT2D eigenvalue weighted by Crippen LogP contribution is -2.16. The summed E-state index contributed by atoms with van der Waals surface area (Å²) in [6, 6.07) is 6.89. The lowest BCUT2D eigenvalue weighted by molar-refractivity contribution is -0.116. The van der Waals surface area contributed by atoms with Crippen LogP contribution in [0.2, 0.25) is 0 Å². The fraction of sp³-hybridized carbons (Fsp3) is 0.533. The van der Waals surface area contributed by atoms with Crippen molar-refractivity contribution in [2.45, 2.75) is 33.1 Å². The first kappa shape index (κ1) is 17.5. The maximum Gasteiger partial charge on any atom is 0.224 e. The number of carbonyl (C=O) groups excluding carboxylic acids is 1. The van der Waals surface area contributed by atoms with E-state index in [0.29, 0.717) is 30.1 Å². The zero-order valence-electron chi connectivity index (χ0n) is 12.6. The van der Waals surface area contributed by atoms with Gasteiger partial charge in [-0.15, -0.1) is 0 Å². The van der Waals surface area contributed by atoms with Gasteiger partial charge in [0.2, 0.25) is 5.91 Å². The van der Waals surface area contributed by atoms with E-state index in [1.165, 1.54) is 0 Å². The molecule has 0 bridgehead atoms. The van der Waals surface area contributed by atoms with Crippen molar-refractivity contribution >= 4 is 27.1 Å². The summed E-state index contributed by atoms with van der Waals surface area (Å²) in [6.07, 6.45) is 1.20. The van der Waals surface area contributed by atoms with Gasteiger partial charge >= 0.3 is 0 Å². The third-order valence-corrected chi connectivity index (χ3v) is 4.80. The summed E-state index contributed by atoms with van der Waals surface area (Å²) in [5.74, 6) is 0.428. The molecular weight excluding hydrogens is 288 g/mol. The number of rotatable bonds is 8. The molecule has 21 heavy (non-hydrogen) atoms. The highest BCUT2D eigenvalue weighted by Gasteiger charge is 2.12. The van der Waals surface area contributed by atoms with Crippen LogP contribution in [0.3, 0.4) is 0 Å². The zero-order valence-corrected chi connectivity index (χ0v) is 13.4. The van der Waals surface area contributed by atoms with E-state index in [9.17, 15) is 13.2 Å². The van der Waals surface area contributed by atoms with E-state index in [2.05, 4.69) is 5.32 Å². The number of hydrogen-bond donors (Lipinski definition) is 2. The molecule has 1 aromatic rings. The van der Waals surface area contributed by atoms with E-state index < -0.39 is 9.84 Å². The molecule has 0 atom stereocenters. The quantitative estimate of drug-likeness (QED) is 0.722. The molecule has 0 unspecified atom stereocenters. The van der Waals surface area contributed by atoms with Gasteiger partial charge < -0.3 is 11.1 Å². The molecular formula is C15H24N2O3S. The SMILES string of the molecule is CC(C)CCS(=O)(=O)CCCC(=O)Nc1cccc(N)c1. The van der Waals surface area contributed by atoms with Gasteiger partial charge in [-0.3, -0.25) is 4.79 Å². The van der Waals surface area contributed by atoms with Crippen molar-refractivity contribution in [3.05, 3.63) is 24.3 Å². The normalized spacial score (nSPS) is 11.6. The Morgan fingerprint density at radius 2 is 2.00 bits per heavy atom. The fourth-order valence-corrected chi connectivity index (χ4v) is 3.43. The highest BCUT2D eigenvalue weighted by Crippen LogP contribution is 2.12. The van der Waals surface area contributed by atoms with E-state index in [-0.39, 0.29) is 23.8 Å². The number of nitrogens with one attached hydrogen (secondary N) is 1. The topological polar surface area (TPSA) is 89.3 Å². The number of anilines is 2. The van der Waals surface area contributed by atoms with E-state index in [1.807, 2.05) is 13.8 Å². The van der Waals surface area contributed by atoms with Gasteiger partial charge in [0.05, 0.1) is 11.5 Å². The molecule has 0 saturated heterocycles. The van der Waals surface area contributed by atoms with Gasteiger partial charge in [-0.1, -0.05) is 19.9 Å². The Kier molecular flexibility index (Phi) is 6.68. The first-order chi connectivity index (χ1) is 9.78. The number of sulfone groups is 1. The van der Waals surface area contributed by atoms with Crippen LogP contribution >= 0.6 is 0 Å². The van der Waals surface area contributed by atoms with E-state index in [1.54, 1.807) is 24.3 Å². The van der Waals surface area contributed by atoms with Crippen LogP contribution in [-0.2, 0) is 14.6 Å². The summed E-state index contributed by atoms with van der Waals surface area (Å²) in [5.41, 5.74) is 6.82. The molecule has 1 amide bonds. The maximum atomic E-state index is 11.8. The highest BCUT2D eigenvalue weighted by molar-refractivity contribution is 7.91. The second-order valence-electron chi connectivity index (χ2n) is 5.61. The van der Waals surface area contributed by atoms with Gasteiger partial charge in [-0.2, -0.15) is 0 Å². The van der Waals surface area contributed by atoms with Crippen LogP contribution < -0.4 is 11.1 Å². The molecule has 0 aliphatic heterocycles. The minimum Gasteiger partial charge on any atom is -0.399 e. The number of nitrogen functional groups attached to an aromatic ring is 1. The third kappa shape index (κ3) is 7.70. The second kappa shape index (κ2) is 8.02. The molecule has 118 valence electrons. The van der Waals surface area contributed by atoms with Crippen LogP contribution in [0.15, 0.2) is 24.3 Å². The molecule has 0 heterocycles. The molecule has 5 nitrogen and oxygen atoms in total. The molecule has 0 radical (unpaired) electrons. The molecule has 0 aliphatic rings. The largest absolute Gasteiger partial charge is 0.399 e. The zero-order chi connectivity index (χ0) is 15.9. The van der Waals surface area contributed by atoms with Crippen molar-refractivity contribution < 1.29 is 13.2 Å². The summed E-state index contributed by atoms with van der Waals surface area (Å²) in [7, 11) is -3.05. The van der Waals surface area contributed by atoms with Gasteiger partial charge in [-0.05, 0) is 37.0 Å². The first-order valence-electron chi connectivity index (χ1n) is 7.14. The predicted molar refractivity (Wildman–Crippen MR) is 86.8 cm³/mol. The summed E-state index contributed by atoms with van der Waals surface area (Å²) in [5, 5.41) is 2.71. The monoisotopic (exact) mass is 312 g/mol. The van der Waals surface area contributed by atoms with E-state index in [4.69, 9.17) is 5.73 Å².